The summed E-state index contributed by atoms with van der Waals surface area (Å²) in [5.74, 6) is 2.49. The third kappa shape index (κ3) is 3.55. The number of hydrogen-bond acceptors (Lipinski definition) is 3. The molecule has 0 spiro atoms. The Balaban J connectivity index is 1.92. The minimum absolute atomic E-state index is 0.679. The summed E-state index contributed by atoms with van der Waals surface area (Å²) in [6.07, 6.45) is 6.09. The molecule has 0 aromatic carbocycles. The van der Waals surface area contributed by atoms with E-state index in [2.05, 4.69) is 38.0 Å². The lowest BCUT2D eigenvalue weighted by Crippen LogP contribution is -2.42. The maximum absolute atomic E-state index is 4.45. The fraction of sp³-hybridized carbons (Fsp3) is 0.800. The molecule has 1 fully saturated rings. The van der Waals surface area contributed by atoms with Gasteiger partial charge < -0.3 is 5.32 Å². The van der Waals surface area contributed by atoms with Gasteiger partial charge in [-0.2, -0.15) is 0 Å². The van der Waals surface area contributed by atoms with E-state index in [0.717, 1.165) is 24.3 Å². The van der Waals surface area contributed by atoms with E-state index in [4.69, 9.17) is 0 Å². The summed E-state index contributed by atoms with van der Waals surface area (Å²) < 4.78 is 0. The number of nitrogens with zero attached hydrogens (tertiary/aromatic N) is 1. The Morgan fingerprint density at radius 1 is 1.44 bits per heavy atom. The van der Waals surface area contributed by atoms with Gasteiger partial charge in [0.2, 0.25) is 0 Å². The van der Waals surface area contributed by atoms with Gasteiger partial charge in [-0.05, 0) is 37.5 Å². The molecule has 0 amide bonds. The Labute approximate surface area is 115 Å². The SMILES string of the molecule is Cc1cnc(CNC2CC(C)CCC2C(C)C)s1. The van der Waals surface area contributed by atoms with Crippen molar-refractivity contribution in [3.63, 3.8) is 0 Å². The molecule has 0 saturated heterocycles. The second kappa shape index (κ2) is 6.16. The third-order valence-corrected chi connectivity index (χ3v) is 5.12. The van der Waals surface area contributed by atoms with Crippen LogP contribution in [0.15, 0.2) is 6.20 Å². The fourth-order valence-corrected chi connectivity index (χ4v) is 3.88. The van der Waals surface area contributed by atoms with Crippen molar-refractivity contribution in [2.24, 2.45) is 17.8 Å². The van der Waals surface area contributed by atoms with Crippen molar-refractivity contribution in [1.29, 1.82) is 0 Å². The molecule has 1 aliphatic rings. The molecule has 102 valence electrons. The van der Waals surface area contributed by atoms with Gasteiger partial charge in [-0.15, -0.1) is 11.3 Å². The molecular formula is C15H26N2S. The largest absolute Gasteiger partial charge is 0.307 e. The van der Waals surface area contributed by atoms with Crippen molar-refractivity contribution in [2.75, 3.05) is 0 Å². The highest BCUT2D eigenvalue weighted by Crippen LogP contribution is 2.33. The van der Waals surface area contributed by atoms with E-state index in [0.29, 0.717) is 6.04 Å². The van der Waals surface area contributed by atoms with Crippen LogP contribution in [0.1, 0.15) is 49.9 Å². The van der Waals surface area contributed by atoms with Gasteiger partial charge in [0.25, 0.3) is 0 Å². The number of rotatable bonds is 4. The Hall–Kier alpha value is -0.410. The summed E-state index contributed by atoms with van der Waals surface area (Å²) in [6.45, 7) is 10.2. The van der Waals surface area contributed by atoms with Crippen LogP contribution in [0.25, 0.3) is 0 Å². The molecule has 3 atom stereocenters. The van der Waals surface area contributed by atoms with Crippen molar-refractivity contribution < 1.29 is 0 Å². The Kier molecular flexibility index (Phi) is 4.79. The van der Waals surface area contributed by atoms with Crippen LogP contribution in [0.5, 0.6) is 0 Å². The molecular weight excluding hydrogens is 240 g/mol. The zero-order valence-electron chi connectivity index (χ0n) is 12.1. The highest BCUT2D eigenvalue weighted by Gasteiger charge is 2.30. The molecule has 1 aromatic heterocycles. The molecule has 0 radical (unpaired) electrons. The van der Waals surface area contributed by atoms with Crippen LogP contribution in [0.4, 0.5) is 0 Å². The number of hydrogen-bond donors (Lipinski definition) is 1. The van der Waals surface area contributed by atoms with E-state index in [1.807, 2.05) is 17.5 Å². The molecule has 18 heavy (non-hydrogen) atoms. The summed E-state index contributed by atoms with van der Waals surface area (Å²) in [4.78, 5) is 5.75. The fourth-order valence-electron chi connectivity index (χ4n) is 3.14. The first kappa shape index (κ1) is 14.0. The summed E-state index contributed by atoms with van der Waals surface area (Å²) >= 11 is 1.81. The van der Waals surface area contributed by atoms with Gasteiger partial charge in [0.1, 0.15) is 5.01 Å². The van der Waals surface area contributed by atoms with Gasteiger partial charge in [-0.3, -0.25) is 0 Å². The van der Waals surface area contributed by atoms with E-state index in [-0.39, 0.29) is 0 Å². The number of aryl methyl sites for hydroxylation is 1. The first-order chi connectivity index (χ1) is 8.56. The highest BCUT2D eigenvalue weighted by atomic mass is 32.1. The quantitative estimate of drug-likeness (QED) is 0.891. The van der Waals surface area contributed by atoms with Crippen LogP contribution >= 0.6 is 11.3 Å². The van der Waals surface area contributed by atoms with E-state index in [1.165, 1.54) is 29.1 Å². The molecule has 1 aliphatic carbocycles. The molecule has 0 bridgehead atoms. The maximum Gasteiger partial charge on any atom is 0.107 e. The summed E-state index contributed by atoms with van der Waals surface area (Å²) in [6, 6.07) is 0.679. The normalized spacial score (nSPS) is 28.8. The average molecular weight is 266 g/mol. The monoisotopic (exact) mass is 266 g/mol. The molecule has 0 aliphatic heterocycles. The zero-order valence-corrected chi connectivity index (χ0v) is 12.9. The van der Waals surface area contributed by atoms with Crippen LogP contribution < -0.4 is 5.32 Å². The van der Waals surface area contributed by atoms with Gasteiger partial charge >= 0.3 is 0 Å². The van der Waals surface area contributed by atoms with Crippen LogP contribution in [0.2, 0.25) is 0 Å². The highest BCUT2D eigenvalue weighted by molar-refractivity contribution is 7.11. The molecule has 2 nitrogen and oxygen atoms in total. The van der Waals surface area contributed by atoms with Gasteiger partial charge in [0, 0.05) is 23.7 Å². The molecule has 2 rings (SSSR count). The Bertz CT molecular complexity index is 372. The number of aromatic nitrogens is 1. The number of thiazole rings is 1. The molecule has 1 aromatic rings. The summed E-state index contributed by atoms with van der Waals surface area (Å²) in [5, 5.41) is 4.99. The predicted octanol–water partition coefficient (Wildman–Crippen LogP) is 4.00. The maximum atomic E-state index is 4.45. The van der Waals surface area contributed by atoms with Crippen LogP contribution in [-0.2, 0) is 6.54 Å². The lowest BCUT2D eigenvalue weighted by molar-refractivity contribution is 0.169. The van der Waals surface area contributed by atoms with E-state index < -0.39 is 0 Å². The molecule has 3 heteroatoms. The standard InChI is InChI=1S/C15H26N2S/c1-10(2)13-6-5-11(3)7-14(13)16-9-15-17-8-12(4)18-15/h8,10-11,13-14,16H,5-7,9H2,1-4H3. The topological polar surface area (TPSA) is 24.9 Å². The summed E-state index contributed by atoms with van der Waals surface area (Å²) in [7, 11) is 0. The van der Waals surface area contributed by atoms with Crippen molar-refractivity contribution in [3.05, 3.63) is 16.1 Å². The predicted molar refractivity (Wildman–Crippen MR) is 78.8 cm³/mol. The second-order valence-electron chi connectivity index (χ2n) is 6.18. The van der Waals surface area contributed by atoms with Gasteiger partial charge in [-0.25, -0.2) is 4.98 Å². The zero-order chi connectivity index (χ0) is 13.1. The lowest BCUT2D eigenvalue weighted by atomic mass is 9.74. The minimum Gasteiger partial charge on any atom is -0.307 e. The summed E-state index contributed by atoms with van der Waals surface area (Å²) in [5.41, 5.74) is 0. The Morgan fingerprint density at radius 2 is 2.22 bits per heavy atom. The van der Waals surface area contributed by atoms with Gasteiger partial charge in [0.15, 0.2) is 0 Å². The Morgan fingerprint density at radius 3 is 2.83 bits per heavy atom. The first-order valence-electron chi connectivity index (χ1n) is 7.21. The minimum atomic E-state index is 0.679. The van der Waals surface area contributed by atoms with Crippen molar-refractivity contribution in [1.82, 2.24) is 10.3 Å². The molecule has 1 saturated carbocycles. The second-order valence-corrected chi connectivity index (χ2v) is 7.50. The van der Waals surface area contributed by atoms with Crippen molar-refractivity contribution in [2.45, 2.75) is 59.5 Å². The van der Waals surface area contributed by atoms with E-state index >= 15 is 0 Å². The van der Waals surface area contributed by atoms with E-state index in [1.54, 1.807) is 0 Å². The lowest BCUT2D eigenvalue weighted by Gasteiger charge is -2.37. The van der Waals surface area contributed by atoms with Gasteiger partial charge in [0.05, 0.1) is 0 Å². The molecule has 3 unspecified atom stereocenters. The third-order valence-electron chi connectivity index (χ3n) is 4.21. The molecule has 1 N–H and O–H groups in total. The first-order valence-corrected chi connectivity index (χ1v) is 8.02. The smallest absolute Gasteiger partial charge is 0.107 e. The van der Waals surface area contributed by atoms with Crippen molar-refractivity contribution in [3.8, 4) is 0 Å². The molecule has 1 heterocycles. The van der Waals surface area contributed by atoms with Crippen molar-refractivity contribution >= 4 is 11.3 Å². The van der Waals surface area contributed by atoms with E-state index in [9.17, 15) is 0 Å². The van der Waals surface area contributed by atoms with Crippen LogP contribution in [-0.4, -0.2) is 11.0 Å². The van der Waals surface area contributed by atoms with Crippen LogP contribution in [0.3, 0.4) is 0 Å². The number of nitrogens with one attached hydrogen (secondary N) is 1. The van der Waals surface area contributed by atoms with Gasteiger partial charge in [-0.1, -0.05) is 27.2 Å². The average Bonchev–Trinajstić information content (AvgIpc) is 2.72. The van der Waals surface area contributed by atoms with Crippen LogP contribution in [0, 0.1) is 24.7 Å².